The van der Waals surface area contributed by atoms with Gasteiger partial charge in [-0.25, -0.2) is 0 Å². The van der Waals surface area contributed by atoms with Gasteiger partial charge in [0.2, 0.25) is 0 Å². The summed E-state index contributed by atoms with van der Waals surface area (Å²) in [6.07, 6.45) is 0.378. The van der Waals surface area contributed by atoms with Gasteiger partial charge in [0.25, 0.3) is 11.6 Å². The van der Waals surface area contributed by atoms with Crippen molar-refractivity contribution < 1.29 is 19.6 Å². The molecule has 0 radical (unpaired) electrons. The second-order valence-corrected chi connectivity index (χ2v) is 4.03. The van der Waals surface area contributed by atoms with E-state index in [0.717, 1.165) is 0 Å². The first kappa shape index (κ1) is 14.9. The molecular formula is C12H16N2O5. The van der Waals surface area contributed by atoms with Crippen LogP contribution in [0.15, 0.2) is 18.2 Å². The number of ether oxygens (including phenoxy) is 1. The first-order valence-corrected chi connectivity index (χ1v) is 5.73. The summed E-state index contributed by atoms with van der Waals surface area (Å²) in [5, 5.41) is 22.2. The predicted molar refractivity (Wildman–Crippen MR) is 68.3 cm³/mol. The number of methoxy groups -OCH3 is 1. The molecule has 7 heteroatoms. The molecule has 0 heterocycles. The maximum atomic E-state index is 12.0. The van der Waals surface area contributed by atoms with E-state index in [1.165, 1.54) is 25.3 Å². The van der Waals surface area contributed by atoms with E-state index < -0.39 is 10.8 Å². The molecule has 1 atom stereocenters. The zero-order chi connectivity index (χ0) is 14.4. The van der Waals surface area contributed by atoms with Gasteiger partial charge in [0, 0.05) is 18.7 Å². The van der Waals surface area contributed by atoms with E-state index in [1.54, 1.807) is 6.92 Å². The lowest BCUT2D eigenvalue weighted by molar-refractivity contribution is -0.385. The third-order valence-corrected chi connectivity index (χ3v) is 2.58. The predicted octanol–water partition coefficient (Wildman–Crippen LogP) is 1.10. The Hall–Kier alpha value is -2.15. The number of nitrogens with zero attached hydrogens (tertiary/aromatic N) is 1. The van der Waals surface area contributed by atoms with Crippen molar-refractivity contribution in [3.63, 3.8) is 0 Å². The fourth-order valence-electron chi connectivity index (χ4n) is 1.55. The van der Waals surface area contributed by atoms with Gasteiger partial charge in [0.05, 0.1) is 12.0 Å². The van der Waals surface area contributed by atoms with Gasteiger partial charge in [-0.2, -0.15) is 0 Å². The minimum atomic E-state index is -0.620. The Kier molecular flexibility index (Phi) is 5.25. The maximum absolute atomic E-state index is 12.0. The lowest BCUT2D eigenvalue weighted by Crippen LogP contribution is -2.33. The van der Waals surface area contributed by atoms with Crippen molar-refractivity contribution >= 4 is 11.6 Å². The molecule has 1 amide bonds. The van der Waals surface area contributed by atoms with Crippen LogP contribution in [0.3, 0.4) is 0 Å². The smallest absolute Gasteiger partial charge is 0.282 e. The fourth-order valence-corrected chi connectivity index (χ4v) is 1.55. The lowest BCUT2D eigenvalue weighted by Gasteiger charge is -2.13. The molecule has 0 aliphatic carbocycles. The van der Waals surface area contributed by atoms with Gasteiger partial charge in [0.15, 0.2) is 0 Å². The molecule has 1 aromatic carbocycles. The Morgan fingerprint density at radius 3 is 2.79 bits per heavy atom. The lowest BCUT2D eigenvalue weighted by atomic mass is 10.1. The van der Waals surface area contributed by atoms with Gasteiger partial charge in [-0.15, -0.1) is 0 Å². The van der Waals surface area contributed by atoms with Gasteiger partial charge in [-0.05, 0) is 25.5 Å². The van der Waals surface area contributed by atoms with Gasteiger partial charge in [-0.3, -0.25) is 14.9 Å². The van der Waals surface area contributed by atoms with Crippen LogP contribution in [-0.4, -0.2) is 35.7 Å². The molecule has 0 bridgehead atoms. The van der Waals surface area contributed by atoms with Crippen LogP contribution in [0.25, 0.3) is 0 Å². The summed E-state index contributed by atoms with van der Waals surface area (Å²) >= 11 is 0. The minimum Gasteiger partial charge on any atom is -0.497 e. The highest BCUT2D eigenvalue weighted by atomic mass is 16.6. The summed E-state index contributed by atoms with van der Waals surface area (Å²) < 4.78 is 4.95. The second kappa shape index (κ2) is 6.69. The SMILES string of the molecule is COc1ccc([N+](=O)[O-])c(C(=O)N[C@H](C)CCO)c1. The Bertz CT molecular complexity index is 475. The van der Waals surface area contributed by atoms with Crippen molar-refractivity contribution in [2.75, 3.05) is 13.7 Å². The van der Waals surface area contributed by atoms with Crippen LogP contribution in [-0.2, 0) is 0 Å². The number of hydrogen-bond acceptors (Lipinski definition) is 5. The molecule has 0 aliphatic rings. The third-order valence-electron chi connectivity index (χ3n) is 2.58. The largest absolute Gasteiger partial charge is 0.497 e. The average molecular weight is 268 g/mol. The monoisotopic (exact) mass is 268 g/mol. The summed E-state index contributed by atoms with van der Waals surface area (Å²) in [4.78, 5) is 22.2. The standard InChI is InChI=1S/C12H16N2O5/c1-8(5-6-15)13-12(16)10-7-9(19-2)3-4-11(10)14(17)18/h3-4,7-8,15H,5-6H2,1-2H3,(H,13,16)/t8-/m1/s1. The number of nitrogens with one attached hydrogen (secondary N) is 1. The number of carbonyl (C=O) groups excluding carboxylic acids is 1. The number of carbonyl (C=O) groups is 1. The van der Waals surface area contributed by atoms with Crippen molar-refractivity contribution in [3.8, 4) is 5.75 Å². The third kappa shape index (κ3) is 3.92. The van der Waals surface area contributed by atoms with E-state index >= 15 is 0 Å². The summed E-state index contributed by atoms with van der Waals surface area (Å²) in [5.41, 5.74) is -0.344. The van der Waals surface area contributed by atoms with Gasteiger partial charge >= 0.3 is 0 Å². The van der Waals surface area contributed by atoms with E-state index in [-0.39, 0.29) is 23.9 Å². The van der Waals surface area contributed by atoms with Gasteiger partial charge in [-0.1, -0.05) is 0 Å². The molecule has 0 saturated carbocycles. The van der Waals surface area contributed by atoms with Crippen LogP contribution in [0.1, 0.15) is 23.7 Å². The van der Waals surface area contributed by atoms with E-state index in [1.807, 2.05) is 0 Å². The van der Waals surface area contributed by atoms with Crippen molar-refractivity contribution in [2.24, 2.45) is 0 Å². The molecule has 0 fully saturated rings. The maximum Gasteiger partial charge on any atom is 0.282 e. The highest BCUT2D eigenvalue weighted by Crippen LogP contribution is 2.24. The van der Waals surface area contributed by atoms with Crippen molar-refractivity contribution in [2.45, 2.75) is 19.4 Å². The number of nitro groups is 1. The molecule has 2 N–H and O–H groups in total. The molecule has 0 saturated heterocycles. The van der Waals surface area contributed by atoms with Crippen molar-refractivity contribution in [3.05, 3.63) is 33.9 Å². The van der Waals surface area contributed by atoms with E-state index in [4.69, 9.17) is 9.84 Å². The number of hydrogen-bond donors (Lipinski definition) is 2. The molecule has 1 rings (SSSR count). The second-order valence-electron chi connectivity index (χ2n) is 4.03. The Labute approximate surface area is 110 Å². The van der Waals surface area contributed by atoms with Gasteiger partial charge in [0.1, 0.15) is 11.3 Å². The van der Waals surface area contributed by atoms with Crippen LogP contribution in [0.2, 0.25) is 0 Å². The average Bonchev–Trinajstić information content (AvgIpc) is 2.37. The molecule has 0 aliphatic heterocycles. The fraction of sp³-hybridized carbons (Fsp3) is 0.417. The van der Waals surface area contributed by atoms with Crippen LogP contribution in [0.4, 0.5) is 5.69 Å². The summed E-state index contributed by atoms with van der Waals surface area (Å²) in [5.74, 6) is -0.197. The molecule has 0 spiro atoms. The molecular weight excluding hydrogens is 252 g/mol. The normalized spacial score (nSPS) is 11.7. The van der Waals surface area contributed by atoms with Crippen LogP contribution < -0.4 is 10.1 Å². The Morgan fingerprint density at radius 2 is 2.26 bits per heavy atom. The van der Waals surface area contributed by atoms with Gasteiger partial charge < -0.3 is 15.2 Å². The van der Waals surface area contributed by atoms with E-state index in [0.29, 0.717) is 12.2 Å². The zero-order valence-corrected chi connectivity index (χ0v) is 10.8. The summed E-state index contributed by atoms with van der Waals surface area (Å²) in [7, 11) is 1.41. The van der Waals surface area contributed by atoms with Crippen LogP contribution >= 0.6 is 0 Å². The molecule has 0 aromatic heterocycles. The number of benzene rings is 1. The van der Waals surface area contributed by atoms with Crippen molar-refractivity contribution in [1.82, 2.24) is 5.32 Å². The van der Waals surface area contributed by atoms with Crippen molar-refractivity contribution in [1.29, 1.82) is 0 Å². The Balaban J connectivity index is 3.02. The molecule has 1 aromatic rings. The molecule has 0 unspecified atom stereocenters. The first-order valence-electron chi connectivity index (χ1n) is 5.73. The number of aliphatic hydroxyl groups is 1. The quantitative estimate of drug-likeness (QED) is 0.594. The summed E-state index contributed by atoms with van der Waals surface area (Å²) in [6.45, 7) is 1.64. The highest BCUT2D eigenvalue weighted by molar-refractivity contribution is 5.98. The number of nitro benzene ring substituents is 1. The van der Waals surface area contributed by atoms with Crippen LogP contribution in [0, 0.1) is 10.1 Å². The highest BCUT2D eigenvalue weighted by Gasteiger charge is 2.21. The molecule has 104 valence electrons. The van der Waals surface area contributed by atoms with E-state index in [9.17, 15) is 14.9 Å². The minimum absolute atomic E-state index is 0.0610. The van der Waals surface area contributed by atoms with Crippen LogP contribution in [0.5, 0.6) is 5.75 Å². The number of amides is 1. The number of aliphatic hydroxyl groups excluding tert-OH is 1. The zero-order valence-electron chi connectivity index (χ0n) is 10.8. The topological polar surface area (TPSA) is 102 Å². The van der Waals surface area contributed by atoms with E-state index in [2.05, 4.69) is 5.32 Å². The Morgan fingerprint density at radius 1 is 1.58 bits per heavy atom. The first-order chi connectivity index (χ1) is 8.99. The summed E-state index contributed by atoms with van der Waals surface area (Å²) in [6, 6.07) is 3.69. The number of rotatable bonds is 6. The molecule has 19 heavy (non-hydrogen) atoms. The molecule has 7 nitrogen and oxygen atoms in total.